The third-order valence-corrected chi connectivity index (χ3v) is 10.9. The fourth-order valence-corrected chi connectivity index (χ4v) is 8.05. The Morgan fingerprint density at radius 2 is 1.56 bits per heavy atom. The third kappa shape index (κ3) is 6.83. The van der Waals surface area contributed by atoms with E-state index in [-0.39, 0.29) is 24.4 Å². The van der Waals surface area contributed by atoms with Crippen molar-refractivity contribution in [2.24, 2.45) is 0 Å². The molecule has 0 N–H and O–H groups in total. The molecule has 0 radical (unpaired) electrons. The number of sulfonamides is 1. The number of rotatable bonds is 6. The lowest BCUT2D eigenvalue weighted by atomic mass is 9.85. The van der Waals surface area contributed by atoms with Crippen LogP contribution in [0.4, 0.5) is 0 Å². The Balaban J connectivity index is 1.43. The second-order valence-corrected chi connectivity index (χ2v) is 14.7. The molecule has 0 saturated carbocycles. The molecule has 0 aromatic heterocycles. The Morgan fingerprint density at radius 3 is 2.18 bits per heavy atom. The van der Waals surface area contributed by atoms with E-state index in [0.717, 1.165) is 27.1 Å². The van der Waals surface area contributed by atoms with Crippen LogP contribution in [0.5, 0.6) is 0 Å². The number of aryl methyl sites for hydroxylation is 2. The molecule has 1 aliphatic rings. The summed E-state index contributed by atoms with van der Waals surface area (Å²) < 4.78 is 28.7. The van der Waals surface area contributed by atoms with Crippen molar-refractivity contribution in [1.82, 2.24) is 9.21 Å². The molecule has 1 heterocycles. The van der Waals surface area contributed by atoms with Gasteiger partial charge in [0.15, 0.2) is 0 Å². The van der Waals surface area contributed by atoms with Crippen LogP contribution in [0, 0.1) is 13.8 Å². The molecule has 0 aliphatic carbocycles. The normalized spacial score (nSPS) is 15.0. The Labute approximate surface area is 246 Å². The van der Waals surface area contributed by atoms with Crippen molar-refractivity contribution < 1.29 is 13.2 Å². The molecule has 5 nitrogen and oxygen atoms in total. The first-order valence-corrected chi connectivity index (χ1v) is 16.0. The molecule has 208 valence electrons. The largest absolute Gasteiger partial charge is 0.336 e. The van der Waals surface area contributed by atoms with Crippen molar-refractivity contribution in [1.29, 1.82) is 0 Å². The quantitative estimate of drug-likeness (QED) is 0.276. The maximum atomic E-state index is 13.6. The van der Waals surface area contributed by atoms with Crippen LogP contribution in [0.25, 0.3) is 0 Å². The van der Waals surface area contributed by atoms with Crippen molar-refractivity contribution in [2.45, 2.75) is 55.6 Å². The molecule has 0 bridgehead atoms. The second-order valence-electron chi connectivity index (χ2n) is 10.9. The lowest BCUT2D eigenvalue weighted by Crippen LogP contribution is -2.50. The van der Waals surface area contributed by atoms with Gasteiger partial charge in [-0.15, -0.1) is 11.8 Å². The highest BCUT2D eigenvalue weighted by molar-refractivity contribution is 7.98. The van der Waals surface area contributed by atoms with E-state index >= 15 is 0 Å². The first-order valence-electron chi connectivity index (χ1n) is 12.9. The minimum atomic E-state index is -3.67. The number of nitrogens with zero attached hydrogens (tertiary/aromatic N) is 2. The molecule has 39 heavy (non-hydrogen) atoms. The summed E-state index contributed by atoms with van der Waals surface area (Å²) in [5.74, 6) is 0.543. The molecule has 1 amide bonds. The highest BCUT2D eigenvalue weighted by Crippen LogP contribution is 2.33. The molecule has 0 spiro atoms. The molecule has 1 saturated heterocycles. The highest BCUT2D eigenvalue weighted by atomic mass is 35.5. The number of hydrogen-bond donors (Lipinski definition) is 0. The molecule has 4 rings (SSSR count). The van der Waals surface area contributed by atoms with E-state index in [0.29, 0.717) is 39.3 Å². The number of benzene rings is 3. The summed E-state index contributed by atoms with van der Waals surface area (Å²) in [7, 11) is -3.67. The van der Waals surface area contributed by atoms with Gasteiger partial charge in [0.25, 0.3) is 5.91 Å². The summed E-state index contributed by atoms with van der Waals surface area (Å²) in [6.45, 7) is 11.3. The molecule has 0 atom stereocenters. The summed E-state index contributed by atoms with van der Waals surface area (Å²) in [6, 6.07) is 16.8. The molecule has 3 aromatic carbocycles. The Morgan fingerprint density at radius 1 is 0.923 bits per heavy atom. The number of hydrogen-bond acceptors (Lipinski definition) is 4. The van der Waals surface area contributed by atoms with Gasteiger partial charge >= 0.3 is 0 Å². The molecular formula is C30H34Cl2N2O3S2. The van der Waals surface area contributed by atoms with Gasteiger partial charge in [-0.2, -0.15) is 4.31 Å². The van der Waals surface area contributed by atoms with Crippen molar-refractivity contribution in [2.75, 3.05) is 26.2 Å². The van der Waals surface area contributed by atoms with Crippen molar-refractivity contribution in [3.63, 3.8) is 0 Å². The van der Waals surface area contributed by atoms with Crippen LogP contribution in [0.2, 0.25) is 10.0 Å². The van der Waals surface area contributed by atoms with Crippen LogP contribution < -0.4 is 0 Å². The highest BCUT2D eigenvalue weighted by Gasteiger charge is 2.33. The number of thioether (sulfide) groups is 1. The van der Waals surface area contributed by atoms with Crippen molar-refractivity contribution in [3.8, 4) is 0 Å². The average Bonchev–Trinajstić information content (AvgIpc) is 2.88. The van der Waals surface area contributed by atoms with E-state index in [1.165, 1.54) is 4.31 Å². The van der Waals surface area contributed by atoms with Crippen LogP contribution in [-0.4, -0.2) is 49.7 Å². The number of piperazine rings is 1. The maximum absolute atomic E-state index is 13.6. The summed E-state index contributed by atoms with van der Waals surface area (Å²) in [4.78, 5) is 16.3. The molecule has 1 aliphatic heterocycles. The predicted octanol–water partition coefficient (Wildman–Crippen LogP) is 7.35. The summed E-state index contributed by atoms with van der Waals surface area (Å²) in [6.07, 6.45) is 0. The minimum absolute atomic E-state index is 0.0674. The molecule has 1 fully saturated rings. The van der Waals surface area contributed by atoms with Crippen molar-refractivity contribution in [3.05, 3.63) is 92.5 Å². The van der Waals surface area contributed by atoms with Crippen LogP contribution in [0.1, 0.15) is 53.4 Å². The lowest BCUT2D eigenvalue weighted by molar-refractivity contribution is 0.0697. The van der Waals surface area contributed by atoms with Gasteiger partial charge < -0.3 is 4.90 Å². The predicted molar refractivity (Wildman–Crippen MR) is 162 cm³/mol. The number of amides is 1. The smallest absolute Gasteiger partial charge is 0.253 e. The Kier molecular flexibility index (Phi) is 9.08. The van der Waals surface area contributed by atoms with Gasteiger partial charge in [-0.3, -0.25) is 4.79 Å². The Bertz CT molecular complexity index is 1470. The standard InChI is InChI=1S/C30H34Cl2N2O3S2/c1-20-15-24(30(3,4)5)16-21(2)28(20)39(36,37)34-13-11-33(12-14-34)29(35)23-8-6-7-22(17-23)19-38-27-18-25(31)9-10-26(27)32/h6-10,15-18H,11-14,19H2,1-5H3. The number of carbonyl (C=O) groups excluding carboxylic acids is 1. The van der Waals surface area contributed by atoms with Gasteiger partial charge in [0, 0.05) is 47.4 Å². The van der Waals surface area contributed by atoms with E-state index in [1.54, 1.807) is 34.9 Å². The van der Waals surface area contributed by atoms with Gasteiger partial charge in [0.05, 0.1) is 9.92 Å². The maximum Gasteiger partial charge on any atom is 0.253 e. The fraction of sp³-hybridized carbons (Fsp3) is 0.367. The fourth-order valence-electron chi connectivity index (χ4n) is 4.78. The molecule has 3 aromatic rings. The van der Waals surface area contributed by atoms with Gasteiger partial charge in [0.1, 0.15) is 0 Å². The molecular weight excluding hydrogens is 571 g/mol. The van der Waals surface area contributed by atoms with E-state index in [2.05, 4.69) is 20.8 Å². The second kappa shape index (κ2) is 11.8. The first kappa shape index (κ1) is 29.9. The average molecular weight is 606 g/mol. The van der Waals surface area contributed by atoms with Crippen LogP contribution in [0.3, 0.4) is 0 Å². The number of halogens is 2. The van der Waals surface area contributed by atoms with E-state index in [9.17, 15) is 13.2 Å². The van der Waals surface area contributed by atoms with Gasteiger partial charge in [-0.25, -0.2) is 8.42 Å². The monoisotopic (exact) mass is 604 g/mol. The zero-order valence-electron chi connectivity index (χ0n) is 22.9. The molecule has 0 unspecified atom stereocenters. The van der Waals surface area contributed by atoms with Gasteiger partial charge in [-0.1, -0.05) is 68.2 Å². The third-order valence-electron chi connectivity index (χ3n) is 6.91. The zero-order valence-corrected chi connectivity index (χ0v) is 26.1. The van der Waals surface area contributed by atoms with E-state index in [1.807, 2.05) is 50.2 Å². The summed E-state index contributed by atoms with van der Waals surface area (Å²) in [5, 5.41) is 1.26. The van der Waals surface area contributed by atoms with Crippen LogP contribution in [0.15, 0.2) is 64.4 Å². The summed E-state index contributed by atoms with van der Waals surface area (Å²) in [5.41, 5.74) is 4.14. The van der Waals surface area contributed by atoms with Crippen LogP contribution in [-0.2, 0) is 21.2 Å². The Hall–Kier alpha value is -2.03. The van der Waals surface area contributed by atoms with Crippen molar-refractivity contribution >= 4 is 50.9 Å². The minimum Gasteiger partial charge on any atom is -0.336 e. The zero-order chi connectivity index (χ0) is 28.5. The van der Waals surface area contributed by atoms with Gasteiger partial charge in [-0.05, 0) is 71.8 Å². The van der Waals surface area contributed by atoms with Gasteiger partial charge in [0.2, 0.25) is 10.0 Å². The topological polar surface area (TPSA) is 57.7 Å². The van der Waals surface area contributed by atoms with E-state index < -0.39 is 10.0 Å². The lowest BCUT2D eigenvalue weighted by Gasteiger charge is -2.35. The molecule has 9 heteroatoms. The van der Waals surface area contributed by atoms with Crippen LogP contribution >= 0.6 is 35.0 Å². The SMILES string of the molecule is Cc1cc(C(C)(C)C)cc(C)c1S(=O)(=O)N1CCN(C(=O)c2cccc(CSc3cc(Cl)ccc3Cl)c2)CC1. The van der Waals surface area contributed by atoms with E-state index in [4.69, 9.17) is 23.2 Å². The summed E-state index contributed by atoms with van der Waals surface area (Å²) >= 11 is 13.9. The number of carbonyl (C=O) groups is 1. The first-order chi connectivity index (χ1) is 18.3.